The molecule has 130 valence electrons. The minimum atomic E-state index is -3.33. The van der Waals surface area contributed by atoms with Gasteiger partial charge in [-0.15, -0.1) is 11.3 Å². The third-order valence-electron chi connectivity index (χ3n) is 4.57. The van der Waals surface area contributed by atoms with Crippen LogP contribution in [0, 0.1) is 6.92 Å². The molecule has 3 rings (SSSR count). The molecule has 6 heteroatoms. The van der Waals surface area contributed by atoms with Gasteiger partial charge in [-0.1, -0.05) is 31.2 Å². The van der Waals surface area contributed by atoms with E-state index in [0.29, 0.717) is 17.3 Å². The van der Waals surface area contributed by atoms with E-state index in [2.05, 4.69) is 36.1 Å². The SMILES string of the molecule is CCc1ccc(S(=O)(=O)N2CCN(Cc3ccccc3C)CC2)s1. The van der Waals surface area contributed by atoms with Crippen molar-refractivity contribution in [3.63, 3.8) is 0 Å². The summed E-state index contributed by atoms with van der Waals surface area (Å²) < 4.78 is 27.6. The van der Waals surface area contributed by atoms with Gasteiger partial charge in [0.1, 0.15) is 4.21 Å². The Morgan fingerprint density at radius 3 is 2.38 bits per heavy atom. The van der Waals surface area contributed by atoms with Gasteiger partial charge in [0.15, 0.2) is 0 Å². The number of thiophene rings is 1. The molecule has 2 aromatic rings. The third-order valence-corrected chi connectivity index (χ3v) is 8.16. The zero-order valence-corrected chi connectivity index (χ0v) is 15.9. The average Bonchev–Trinajstić information content (AvgIpc) is 3.07. The van der Waals surface area contributed by atoms with E-state index >= 15 is 0 Å². The summed E-state index contributed by atoms with van der Waals surface area (Å²) in [5.41, 5.74) is 2.61. The van der Waals surface area contributed by atoms with Crippen molar-refractivity contribution in [2.24, 2.45) is 0 Å². The number of hydrogen-bond donors (Lipinski definition) is 0. The lowest BCUT2D eigenvalue weighted by molar-refractivity contribution is 0.181. The summed E-state index contributed by atoms with van der Waals surface area (Å²) in [4.78, 5) is 3.45. The number of hydrogen-bond acceptors (Lipinski definition) is 4. The molecule has 0 N–H and O–H groups in total. The molecule has 0 atom stereocenters. The Morgan fingerprint density at radius 1 is 1.04 bits per heavy atom. The highest BCUT2D eigenvalue weighted by atomic mass is 32.2. The molecule has 1 fully saturated rings. The van der Waals surface area contributed by atoms with Gasteiger partial charge >= 0.3 is 0 Å². The van der Waals surface area contributed by atoms with Crippen molar-refractivity contribution >= 4 is 21.4 Å². The molecule has 1 aromatic carbocycles. The zero-order chi connectivity index (χ0) is 17.2. The summed E-state index contributed by atoms with van der Waals surface area (Å²) in [5.74, 6) is 0. The molecule has 1 aromatic heterocycles. The molecule has 1 aliphatic rings. The first-order valence-electron chi connectivity index (χ1n) is 8.36. The Balaban J connectivity index is 1.63. The van der Waals surface area contributed by atoms with Gasteiger partial charge in [0.2, 0.25) is 0 Å². The topological polar surface area (TPSA) is 40.6 Å². The van der Waals surface area contributed by atoms with Crippen molar-refractivity contribution in [3.05, 3.63) is 52.4 Å². The van der Waals surface area contributed by atoms with Gasteiger partial charge in [0, 0.05) is 37.6 Å². The maximum atomic E-state index is 12.8. The molecule has 4 nitrogen and oxygen atoms in total. The van der Waals surface area contributed by atoms with Crippen molar-refractivity contribution in [2.75, 3.05) is 26.2 Å². The Morgan fingerprint density at radius 2 is 1.75 bits per heavy atom. The van der Waals surface area contributed by atoms with Crippen molar-refractivity contribution in [3.8, 4) is 0 Å². The Kier molecular flexibility index (Phi) is 5.39. The van der Waals surface area contributed by atoms with Crippen LogP contribution in [-0.2, 0) is 23.0 Å². The van der Waals surface area contributed by atoms with E-state index in [1.54, 1.807) is 10.4 Å². The van der Waals surface area contributed by atoms with E-state index in [4.69, 9.17) is 0 Å². The van der Waals surface area contributed by atoms with Crippen LogP contribution in [0.5, 0.6) is 0 Å². The van der Waals surface area contributed by atoms with Crippen LogP contribution >= 0.6 is 11.3 Å². The average molecular weight is 365 g/mol. The summed E-state index contributed by atoms with van der Waals surface area (Å²) in [7, 11) is -3.33. The zero-order valence-electron chi connectivity index (χ0n) is 14.2. The monoisotopic (exact) mass is 364 g/mol. The summed E-state index contributed by atoms with van der Waals surface area (Å²) in [6.45, 7) is 7.74. The van der Waals surface area contributed by atoms with Gasteiger partial charge in [0.25, 0.3) is 10.0 Å². The van der Waals surface area contributed by atoms with Crippen LogP contribution in [0.2, 0.25) is 0 Å². The third kappa shape index (κ3) is 3.72. The van der Waals surface area contributed by atoms with Crippen LogP contribution in [-0.4, -0.2) is 43.8 Å². The largest absolute Gasteiger partial charge is 0.296 e. The first-order valence-corrected chi connectivity index (χ1v) is 10.6. The van der Waals surface area contributed by atoms with Gasteiger partial charge in [-0.25, -0.2) is 8.42 Å². The van der Waals surface area contributed by atoms with E-state index in [9.17, 15) is 8.42 Å². The van der Waals surface area contributed by atoms with Crippen molar-refractivity contribution < 1.29 is 8.42 Å². The number of piperazine rings is 1. The molecule has 2 heterocycles. The number of sulfonamides is 1. The normalized spacial score (nSPS) is 17.2. The summed E-state index contributed by atoms with van der Waals surface area (Å²) in [6.07, 6.45) is 0.879. The fourth-order valence-electron chi connectivity index (χ4n) is 2.97. The predicted octanol–water partition coefficient (Wildman–Crippen LogP) is 3.13. The molecular formula is C18H24N2O2S2. The van der Waals surface area contributed by atoms with E-state index in [1.807, 2.05) is 13.0 Å². The molecule has 0 saturated carbocycles. The fraction of sp³-hybridized carbons (Fsp3) is 0.444. The molecular weight excluding hydrogens is 340 g/mol. The summed E-state index contributed by atoms with van der Waals surface area (Å²) in [5, 5.41) is 0. The molecule has 0 spiro atoms. The maximum absolute atomic E-state index is 12.8. The molecule has 0 amide bonds. The second-order valence-corrected chi connectivity index (χ2v) is 9.51. The van der Waals surface area contributed by atoms with Crippen LogP contribution in [0.1, 0.15) is 22.9 Å². The van der Waals surface area contributed by atoms with Gasteiger partial charge in [-0.3, -0.25) is 4.90 Å². The summed E-state index contributed by atoms with van der Waals surface area (Å²) in [6, 6.07) is 12.1. The van der Waals surface area contributed by atoms with Crippen LogP contribution in [0.3, 0.4) is 0 Å². The molecule has 0 aliphatic carbocycles. The lowest BCUT2D eigenvalue weighted by atomic mass is 10.1. The van der Waals surface area contributed by atoms with Crippen molar-refractivity contribution in [1.82, 2.24) is 9.21 Å². The van der Waals surface area contributed by atoms with E-state index in [-0.39, 0.29) is 0 Å². The molecule has 0 unspecified atom stereocenters. The minimum Gasteiger partial charge on any atom is -0.296 e. The van der Waals surface area contributed by atoms with E-state index in [1.165, 1.54) is 22.5 Å². The smallest absolute Gasteiger partial charge is 0.252 e. The van der Waals surface area contributed by atoms with Crippen LogP contribution in [0.15, 0.2) is 40.6 Å². The fourth-order valence-corrected chi connectivity index (χ4v) is 5.84. The highest BCUT2D eigenvalue weighted by molar-refractivity contribution is 7.91. The Bertz CT molecular complexity index is 791. The second-order valence-electron chi connectivity index (χ2n) is 6.18. The van der Waals surface area contributed by atoms with Gasteiger partial charge in [0.05, 0.1) is 0 Å². The standard InChI is InChI=1S/C18H24N2O2S2/c1-3-17-8-9-18(23-17)24(21,22)20-12-10-19(11-13-20)14-16-7-5-4-6-15(16)2/h4-9H,3,10-14H2,1-2H3. The first kappa shape index (κ1) is 17.6. The maximum Gasteiger partial charge on any atom is 0.252 e. The number of rotatable bonds is 5. The van der Waals surface area contributed by atoms with Crippen LogP contribution < -0.4 is 0 Å². The molecule has 1 aliphatic heterocycles. The van der Waals surface area contributed by atoms with Crippen molar-refractivity contribution in [1.29, 1.82) is 0 Å². The van der Waals surface area contributed by atoms with Crippen LogP contribution in [0.4, 0.5) is 0 Å². The van der Waals surface area contributed by atoms with Gasteiger partial charge in [-0.2, -0.15) is 4.31 Å². The molecule has 24 heavy (non-hydrogen) atoms. The first-order chi connectivity index (χ1) is 11.5. The van der Waals surface area contributed by atoms with Crippen LogP contribution in [0.25, 0.3) is 0 Å². The lowest BCUT2D eigenvalue weighted by Crippen LogP contribution is -2.48. The number of aryl methyl sites for hydroxylation is 2. The lowest BCUT2D eigenvalue weighted by Gasteiger charge is -2.34. The van der Waals surface area contributed by atoms with Gasteiger partial charge in [-0.05, 0) is 36.6 Å². The number of nitrogens with zero attached hydrogens (tertiary/aromatic N) is 2. The minimum absolute atomic E-state index is 0.478. The molecule has 1 saturated heterocycles. The second kappa shape index (κ2) is 7.35. The Labute approximate surface area is 148 Å². The van der Waals surface area contributed by atoms with Crippen molar-refractivity contribution in [2.45, 2.75) is 31.0 Å². The molecule has 0 radical (unpaired) electrons. The molecule has 0 bridgehead atoms. The highest BCUT2D eigenvalue weighted by Crippen LogP contribution is 2.26. The highest BCUT2D eigenvalue weighted by Gasteiger charge is 2.29. The summed E-state index contributed by atoms with van der Waals surface area (Å²) >= 11 is 1.40. The quantitative estimate of drug-likeness (QED) is 0.818. The van der Waals surface area contributed by atoms with E-state index in [0.717, 1.165) is 30.9 Å². The van der Waals surface area contributed by atoms with E-state index < -0.39 is 10.0 Å². The number of benzene rings is 1. The Hall–Kier alpha value is -1.21. The predicted molar refractivity (Wildman–Crippen MR) is 98.9 cm³/mol. The van der Waals surface area contributed by atoms with Gasteiger partial charge < -0.3 is 0 Å².